The number of anilines is 3. The lowest BCUT2D eigenvalue weighted by atomic mass is 10.1. The van der Waals surface area contributed by atoms with E-state index in [1.807, 2.05) is 0 Å². The van der Waals surface area contributed by atoms with E-state index < -0.39 is 18.1 Å². The number of aromatic nitrogens is 4. The minimum absolute atomic E-state index is 0.0599. The molecule has 4 rings (SSSR count). The summed E-state index contributed by atoms with van der Waals surface area (Å²) in [5.74, 6) is 0.544. The Balaban J connectivity index is 1.76. The molecule has 0 radical (unpaired) electrons. The SMILES string of the molecule is CCS(=O)(=O)Nc1ccc(-c2nn(COCC[Si](C)(C)C)c(Nc3cnccn3)c2C#N)c(OCc2ccc(F)cc2)c1. The second-order valence-corrected chi connectivity index (χ2v) is 18.5. The van der Waals surface area contributed by atoms with Crippen molar-refractivity contribution in [3.8, 4) is 23.1 Å². The van der Waals surface area contributed by atoms with E-state index >= 15 is 0 Å². The van der Waals surface area contributed by atoms with Crippen LogP contribution >= 0.6 is 0 Å². The molecule has 0 aliphatic carbocycles. The Morgan fingerprint density at radius 2 is 1.88 bits per heavy atom. The predicted octanol–water partition coefficient (Wildman–Crippen LogP) is 5.75. The molecule has 2 aromatic carbocycles. The Labute approximate surface area is 251 Å². The van der Waals surface area contributed by atoms with Gasteiger partial charge in [-0.1, -0.05) is 31.8 Å². The molecule has 0 aliphatic rings. The molecular formula is C29H34FN7O4SSi. The highest BCUT2D eigenvalue weighted by molar-refractivity contribution is 7.92. The van der Waals surface area contributed by atoms with Crippen LogP contribution in [0.2, 0.25) is 25.7 Å². The Morgan fingerprint density at radius 3 is 2.53 bits per heavy atom. The zero-order chi connectivity index (χ0) is 31.0. The molecule has 0 unspecified atom stereocenters. The lowest BCUT2D eigenvalue weighted by Gasteiger charge is -2.16. The lowest BCUT2D eigenvalue weighted by molar-refractivity contribution is 0.0802. The molecule has 226 valence electrons. The molecule has 0 saturated carbocycles. The van der Waals surface area contributed by atoms with Crippen LogP contribution < -0.4 is 14.8 Å². The van der Waals surface area contributed by atoms with Crippen molar-refractivity contribution in [2.75, 3.05) is 22.4 Å². The van der Waals surface area contributed by atoms with Crippen LogP contribution in [0.3, 0.4) is 0 Å². The van der Waals surface area contributed by atoms with Gasteiger partial charge in [0.15, 0.2) is 5.82 Å². The Hall–Kier alpha value is -4.32. The van der Waals surface area contributed by atoms with Gasteiger partial charge in [0.05, 0.1) is 17.6 Å². The molecule has 0 fully saturated rings. The summed E-state index contributed by atoms with van der Waals surface area (Å²) in [6.45, 7) is 8.98. The molecule has 14 heteroatoms. The van der Waals surface area contributed by atoms with Crippen LogP contribution in [0.1, 0.15) is 18.1 Å². The van der Waals surface area contributed by atoms with E-state index in [1.54, 1.807) is 28.9 Å². The number of halogens is 1. The molecule has 0 aliphatic heterocycles. The number of hydrogen-bond acceptors (Lipinski definition) is 9. The van der Waals surface area contributed by atoms with Crippen LogP contribution in [-0.2, 0) is 28.1 Å². The van der Waals surface area contributed by atoms with Gasteiger partial charge in [-0.15, -0.1) is 0 Å². The maximum atomic E-state index is 13.5. The van der Waals surface area contributed by atoms with E-state index in [4.69, 9.17) is 14.6 Å². The van der Waals surface area contributed by atoms with Gasteiger partial charge in [0.2, 0.25) is 10.0 Å². The van der Waals surface area contributed by atoms with E-state index in [0.717, 1.165) is 6.04 Å². The molecule has 0 atom stereocenters. The highest BCUT2D eigenvalue weighted by atomic mass is 32.2. The summed E-state index contributed by atoms with van der Waals surface area (Å²) in [6.07, 6.45) is 4.59. The van der Waals surface area contributed by atoms with Crippen molar-refractivity contribution in [3.05, 3.63) is 78.0 Å². The van der Waals surface area contributed by atoms with Gasteiger partial charge in [0.25, 0.3) is 0 Å². The Kier molecular flexibility index (Phi) is 10.1. The minimum atomic E-state index is -3.57. The van der Waals surface area contributed by atoms with Crippen LogP contribution in [0.4, 0.5) is 21.7 Å². The number of nitrogens with one attached hydrogen (secondary N) is 2. The maximum Gasteiger partial charge on any atom is 0.232 e. The van der Waals surface area contributed by atoms with Crippen molar-refractivity contribution in [3.63, 3.8) is 0 Å². The molecular weight excluding hydrogens is 590 g/mol. The first-order chi connectivity index (χ1) is 20.5. The minimum Gasteiger partial charge on any atom is -0.488 e. The highest BCUT2D eigenvalue weighted by Gasteiger charge is 2.24. The Morgan fingerprint density at radius 1 is 1.12 bits per heavy atom. The number of hydrogen-bond donors (Lipinski definition) is 2. The molecule has 0 bridgehead atoms. The fourth-order valence-electron chi connectivity index (χ4n) is 3.89. The lowest BCUT2D eigenvalue weighted by Crippen LogP contribution is -2.22. The molecule has 43 heavy (non-hydrogen) atoms. The molecule has 0 spiro atoms. The number of sulfonamides is 1. The van der Waals surface area contributed by atoms with Gasteiger partial charge in [0.1, 0.15) is 48.0 Å². The Bertz CT molecular complexity index is 1690. The van der Waals surface area contributed by atoms with Gasteiger partial charge in [-0.25, -0.2) is 22.5 Å². The van der Waals surface area contributed by atoms with E-state index in [0.29, 0.717) is 35.1 Å². The maximum absolute atomic E-state index is 13.5. The average molecular weight is 624 g/mol. The van der Waals surface area contributed by atoms with E-state index in [2.05, 4.69) is 45.7 Å². The van der Waals surface area contributed by atoms with Crippen molar-refractivity contribution in [1.82, 2.24) is 19.7 Å². The molecule has 0 amide bonds. The van der Waals surface area contributed by atoms with Crippen LogP contribution in [-0.4, -0.2) is 48.6 Å². The fraction of sp³-hybridized carbons (Fsp3) is 0.310. The third kappa shape index (κ3) is 8.83. The third-order valence-corrected chi connectivity index (χ3v) is 9.29. The summed E-state index contributed by atoms with van der Waals surface area (Å²) in [5.41, 5.74) is 1.92. The standard InChI is InChI=1S/C29H34FN7O4SSi/c1-5-42(38,39)36-23-10-11-24(26(16-23)41-19-21-6-8-22(30)9-7-21)28-25(17-31)29(34-27-18-32-12-13-33-27)37(35-28)20-40-14-15-43(2,3)4/h6-13,16,18,36H,5,14-15,19-20H2,1-4H3,(H,33,34). The van der Waals surface area contributed by atoms with Crippen molar-refractivity contribution in [2.45, 2.75) is 45.9 Å². The predicted molar refractivity (Wildman–Crippen MR) is 166 cm³/mol. The average Bonchev–Trinajstić information content (AvgIpc) is 3.31. The van der Waals surface area contributed by atoms with Crippen molar-refractivity contribution in [2.24, 2.45) is 0 Å². The van der Waals surface area contributed by atoms with E-state index in [9.17, 15) is 18.1 Å². The second-order valence-electron chi connectivity index (χ2n) is 10.9. The molecule has 2 aromatic heterocycles. The second kappa shape index (κ2) is 13.8. The third-order valence-electron chi connectivity index (χ3n) is 6.28. The summed E-state index contributed by atoms with van der Waals surface area (Å²) in [4.78, 5) is 8.35. The van der Waals surface area contributed by atoms with Crippen molar-refractivity contribution in [1.29, 1.82) is 5.26 Å². The molecule has 2 heterocycles. The zero-order valence-electron chi connectivity index (χ0n) is 24.5. The smallest absolute Gasteiger partial charge is 0.232 e. The van der Waals surface area contributed by atoms with Gasteiger partial charge < -0.3 is 14.8 Å². The molecule has 2 N–H and O–H groups in total. The summed E-state index contributed by atoms with van der Waals surface area (Å²) in [5, 5.41) is 18.2. The van der Waals surface area contributed by atoms with E-state index in [-0.39, 0.29) is 41.9 Å². The monoisotopic (exact) mass is 623 g/mol. The summed E-state index contributed by atoms with van der Waals surface area (Å²) >= 11 is 0. The normalized spacial score (nSPS) is 11.6. The van der Waals surface area contributed by atoms with Gasteiger partial charge in [0, 0.05) is 38.7 Å². The topological polar surface area (TPSA) is 144 Å². The number of nitriles is 1. The largest absolute Gasteiger partial charge is 0.488 e. The summed E-state index contributed by atoms with van der Waals surface area (Å²) < 4.78 is 54.2. The number of nitrogens with zero attached hydrogens (tertiary/aromatic N) is 5. The zero-order valence-corrected chi connectivity index (χ0v) is 26.3. The molecule has 4 aromatic rings. The number of ether oxygens (including phenoxy) is 2. The van der Waals surface area contributed by atoms with Crippen LogP contribution in [0.5, 0.6) is 5.75 Å². The fourth-order valence-corrected chi connectivity index (χ4v) is 5.27. The van der Waals surface area contributed by atoms with Crippen LogP contribution in [0.25, 0.3) is 11.3 Å². The van der Waals surface area contributed by atoms with Crippen LogP contribution in [0.15, 0.2) is 61.1 Å². The summed E-state index contributed by atoms with van der Waals surface area (Å²) in [6, 6.07) is 13.8. The first-order valence-electron chi connectivity index (χ1n) is 13.6. The van der Waals surface area contributed by atoms with Crippen molar-refractivity contribution >= 4 is 35.4 Å². The van der Waals surface area contributed by atoms with Gasteiger partial charge in [-0.3, -0.25) is 9.71 Å². The number of rotatable bonds is 14. The van der Waals surface area contributed by atoms with Gasteiger partial charge >= 0.3 is 0 Å². The van der Waals surface area contributed by atoms with E-state index in [1.165, 1.54) is 43.7 Å². The van der Waals surface area contributed by atoms with Gasteiger partial charge in [-0.2, -0.15) is 10.4 Å². The molecule has 0 saturated heterocycles. The van der Waals surface area contributed by atoms with Crippen LogP contribution in [0, 0.1) is 17.1 Å². The number of benzene rings is 2. The summed E-state index contributed by atoms with van der Waals surface area (Å²) in [7, 11) is -4.90. The first-order valence-corrected chi connectivity index (χ1v) is 19.0. The van der Waals surface area contributed by atoms with Crippen molar-refractivity contribution < 1.29 is 22.3 Å². The molecule has 11 nitrogen and oxygen atoms in total. The van der Waals surface area contributed by atoms with Gasteiger partial charge in [-0.05, 0) is 42.8 Å². The first kappa shape index (κ1) is 31.6. The quantitative estimate of drug-likeness (QED) is 0.133. The highest BCUT2D eigenvalue weighted by Crippen LogP contribution is 2.38.